The molecule has 2 fully saturated rings. The number of hydrogen-bond donors (Lipinski definition) is 1. The van der Waals surface area contributed by atoms with E-state index in [9.17, 15) is 31.2 Å². The Balaban J connectivity index is 1.73. The minimum absolute atomic E-state index is 0.0266. The van der Waals surface area contributed by atoms with Crippen LogP contribution in [0.5, 0.6) is 0 Å². The predicted octanol–water partition coefficient (Wildman–Crippen LogP) is 2.07. The molecule has 2 aliphatic rings. The molecule has 3 rings (SSSR count). The van der Waals surface area contributed by atoms with Crippen LogP contribution in [0.15, 0.2) is 17.5 Å². The van der Waals surface area contributed by atoms with Crippen LogP contribution in [-0.2, 0) is 24.3 Å². The third-order valence-corrected chi connectivity index (χ3v) is 7.53. The Morgan fingerprint density at radius 2 is 1.97 bits per heavy atom. The molecule has 8 nitrogen and oxygen atoms in total. The number of ether oxygens (including phenoxy) is 1. The van der Waals surface area contributed by atoms with Gasteiger partial charge in [-0.3, -0.25) is 9.59 Å². The zero-order chi connectivity index (χ0) is 23.7. The Labute approximate surface area is 192 Å². The summed E-state index contributed by atoms with van der Waals surface area (Å²) >= 11 is 6.27. The Morgan fingerprint density at radius 1 is 1.31 bits per heavy atom. The van der Waals surface area contributed by atoms with E-state index >= 15 is 0 Å². The van der Waals surface area contributed by atoms with Crippen LogP contribution in [0.3, 0.4) is 0 Å². The Kier molecular flexibility index (Phi) is 7.55. The van der Waals surface area contributed by atoms with Gasteiger partial charge in [0, 0.05) is 24.5 Å². The largest absolute Gasteiger partial charge is 0.418 e. The van der Waals surface area contributed by atoms with Crippen LogP contribution in [-0.4, -0.2) is 81.1 Å². The van der Waals surface area contributed by atoms with Crippen LogP contribution in [0.2, 0.25) is 4.34 Å². The molecule has 0 radical (unpaired) electrons. The van der Waals surface area contributed by atoms with Gasteiger partial charge < -0.3 is 14.5 Å². The molecule has 14 heteroatoms. The third-order valence-electron chi connectivity index (χ3n) is 5.11. The Bertz CT molecular complexity index is 1010. The monoisotopic (exact) mass is 515 g/mol. The molecule has 0 spiro atoms. The van der Waals surface area contributed by atoms with Gasteiger partial charge in [0.2, 0.25) is 21.8 Å². The maximum absolute atomic E-state index is 13.4. The molecule has 0 aliphatic carbocycles. The van der Waals surface area contributed by atoms with E-state index in [1.807, 2.05) is 4.72 Å². The van der Waals surface area contributed by atoms with E-state index in [2.05, 4.69) is 0 Å². The Morgan fingerprint density at radius 3 is 2.53 bits per heavy atom. The molecule has 2 amide bonds. The van der Waals surface area contributed by atoms with E-state index in [4.69, 9.17) is 16.3 Å². The molecular weight excluding hydrogens is 495 g/mol. The first-order valence-corrected chi connectivity index (χ1v) is 12.4. The number of nitrogens with zero attached hydrogens (tertiary/aromatic N) is 2. The molecule has 178 valence electrons. The van der Waals surface area contributed by atoms with Gasteiger partial charge in [-0.15, -0.1) is 11.3 Å². The topological polar surface area (TPSA) is 96.0 Å². The number of rotatable bonds is 6. The summed E-state index contributed by atoms with van der Waals surface area (Å²) in [4.78, 5) is 27.8. The van der Waals surface area contributed by atoms with Gasteiger partial charge in [0.05, 0.1) is 28.5 Å². The van der Waals surface area contributed by atoms with Crippen molar-refractivity contribution < 1.29 is 35.9 Å². The number of thiophene rings is 1. The fourth-order valence-electron chi connectivity index (χ4n) is 3.49. The smallest absolute Gasteiger partial charge is 0.378 e. The van der Waals surface area contributed by atoms with E-state index in [0.29, 0.717) is 37.6 Å². The van der Waals surface area contributed by atoms with Gasteiger partial charge in [-0.05, 0) is 25.5 Å². The fraction of sp³-hybridized carbons (Fsp3) is 0.556. The van der Waals surface area contributed by atoms with Crippen molar-refractivity contribution in [2.24, 2.45) is 0 Å². The second kappa shape index (κ2) is 9.67. The van der Waals surface area contributed by atoms with Crippen molar-refractivity contribution in [2.45, 2.75) is 31.6 Å². The van der Waals surface area contributed by atoms with Crippen LogP contribution >= 0.6 is 22.9 Å². The molecule has 2 atom stereocenters. The van der Waals surface area contributed by atoms with Crippen molar-refractivity contribution in [3.05, 3.63) is 26.8 Å². The normalized spacial score (nSPS) is 21.8. The van der Waals surface area contributed by atoms with E-state index in [1.165, 1.54) is 17.9 Å². The van der Waals surface area contributed by atoms with Gasteiger partial charge in [0.25, 0.3) is 0 Å². The summed E-state index contributed by atoms with van der Waals surface area (Å²) in [6.45, 7) is 3.18. The Hall–Kier alpha value is -1.67. The van der Waals surface area contributed by atoms with Crippen molar-refractivity contribution in [3.63, 3.8) is 0 Å². The number of carbonyl (C=O) groups is 2. The number of hydrogen-bond acceptors (Lipinski definition) is 6. The first-order valence-electron chi connectivity index (χ1n) is 9.63. The van der Waals surface area contributed by atoms with Crippen molar-refractivity contribution >= 4 is 50.3 Å². The van der Waals surface area contributed by atoms with Crippen LogP contribution in [0.4, 0.5) is 13.2 Å². The standard InChI is InChI=1S/C18H21ClF3N3O5S2/c1-11(16(26)24-6-8-30-9-7-24)25-5-4-13(17(25)27)23-32(28,29)10-12(18(20,21)22)14-2-3-15(19)31-14/h2-3,10-11,13,23H,4-9H2,1H3/t11-,13-/m0/s1. The second-order valence-corrected chi connectivity index (χ2v) is 10.6. The molecule has 0 saturated carbocycles. The number of nitrogens with one attached hydrogen (secondary N) is 1. The SMILES string of the molecule is C[C@@H](C(=O)N1CCOCC1)N1CC[C@H](NS(=O)(=O)C=C(c2ccc(Cl)s2)C(F)(F)F)C1=O. The van der Waals surface area contributed by atoms with Crippen molar-refractivity contribution in [1.29, 1.82) is 0 Å². The molecule has 0 unspecified atom stereocenters. The molecule has 1 aromatic rings. The quantitative estimate of drug-likeness (QED) is 0.626. The van der Waals surface area contributed by atoms with Gasteiger partial charge in [-0.1, -0.05) is 11.6 Å². The first kappa shape index (κ1) is 25.0. The van der Waals surface area contributed by atoms with E-state index in [1.54, 1.807) is 4.90 Å². The summed E-state index contributed by atoms with van der Waals surface area (Å²) in [7, 11) is -4.64. The lowest BCUT2D eigenvalue weighted by Gasteiger charge is -2.32. The maximum Gasteiger partial charge on any atom is 0.418 e. The number of alkyl halides is 3. The van der Waals surface area contributed by atoms with Crippen molar-refractivity contribution in [3.8, 4) is 0 Å². The average molecular weight is 516 g/mol. The van der Waals surface area contributed by atoms with Crippen molar-refractivity contribution in [1.82, 2.24) is 14.5 Å². The highest BCUT2D eigenvalue weighted by Gasteiger charge is 2.41. The molecule has 2 aliphatic heterocycles. The number of carbonyl (C=O) groups excluding carboxylic acids is 2. The highest BCUT2D eigenvalue weighted by Crippen LogP contribution is 2.39. The lowest BCUT2D eigenvalue weighted by atomic mass is 10.2. The summed E-state index contributed by atoms with van der Waals surface area (Å²) in [5, 5.41) is 0.0629. The summed E-state index contributed by atoms with van der Waals surface area (Å²) in [5.41, 5.74) is -1.39. The highest BCUT2D eigenvalue weighted by molar-refractivity contribution is 7.92. The van der Waals surface area contributed by atoms with Gasteiger partial charge in [-0.2, -0.15) is 17.9 Å². The summed E-state index contributed by atoms with van der Waals surface area (Å²) in [6, 6.07) is 0.206. The minimum Gasteiger partial charge on any atom is -0.378 e. The van der Waals surface area contributed by atoms with Gasteiger partial charge in [0.1, 0.15) is 12.1 Å². The lowest BCUT2D eigenvalue weighted by Crippen LogP contribution is -2.52. The fourth-order valence-corrected chi connectivity index (χ4v) is 5.90. The molecule has 32 heavy (non-hydrogen) atoms. The van der Waals surface area contributed by atoms with E-state index in [-0.39, 0.29) is 33.5 Å². The molecular formula is C18H21ClF3N3O5S2. The molecule has 0 bridgehead atoms. The number of allylic oxidation sites excluding steroid dienone is 1. The molecule has 1 aromatic heterocycles. The molecule has 2 saturated heterocycles. The lowest BCUT2D eigenvalue weighted by molar-refractivity contribution is -0.146. The third kappa shape index (κ3) is 5.81. The van der Waals surface area contributed by atoms with Gasteiger partial charge >= 0.3 is 6.18 Å². The first-order chi connectivity index (χ1) is 14.9. The van der Waals surface area contributed by atoms with Gasteiger partial charge in [0.15, 0.2) is 0 Å². The minimum atomic E-state index is -4.95. The van der Waals surface area contributed by atoms with E-state index < -0.39 is 39.8 Å². The predicted molar refractivity (Wildman–Crippen MR) is 112 cm³/mol. The number of sulfonamides is 1. The van der Waals surface area contributed by atoms with Crippen molar-refractivity contribution in [2.75, 3.05) is 32.8 Å². The maximum atomic E-state index is 13.4. The average Bonchev–Trinajstić information content (AvgIpc) is 3.30. The number of halogens is 4. The number of likely N-dealkylation sites (tertiary alicyclic amines) is 1. The van der Waals surface area contributed by atoms with E-state index in [0.717, 1.165) is 6.07 Å². The number of morpholine rings is 1. The zero-order valence-corrected chi connectivity index (χ0v) is 19.3. The molecule has 0 aromatic carbocycles. The highest BCUT2D eigenvalue weighted by atomic mass is 35.5. The number of amides is 2. The summed E-state index contributed by atoms with van der Waals surface area (Å²) < 4.78 is 72.5. The zero-order valence-electron chi connectivity index (χ0n) is 16.9. The second-order valence-electron chi connectivity index (χ2n) is 7.28. The molecule has 1 N–H and O–H groups in total. The van der Waals surface area contributed by atoms with Crippen LogP contribution in [0.1, 0.15) is 18.2 Å². The van der Waals surface area contributed by atoms with Gasteiger partial charge in [-0.25, -0.2) is 8.42 Å². The summed E-state index contributed by atoms with van der Waals surface area (Å²) in [5.74, 6) is -0.956. The van der Waals surface area contributed by atoms with Crippen LogP contribution in [0, 0.1) is 0 Å². The van der Waals surface area contributed by atoms with Crippen LogP contribution in [0.25, 0.3) is 5.57 Å². The molecule has 3 heterocycles. The summed E-state index contributed by atoms with van der Waals surface area (Å²) in [6.07, 6.45) is -4.92. The van der Waals surface area contributed by atoms with Crippen LogP contribution < -0.4 is 4.72 Å².